The van der Waals surface area contributed by atoms with Crippen molar-refractivity contribution in [2.75, 3.05) is 26.3 Å². The third-order valence-corrected chi connectivity index (χ3v) is 5.25. The Morgan fingerprint density at radius 2 is 1.93 bits per heavy atom. The summed E-state index contributed by atoms with van der Waals surface area (Å²) in [6, 6.07) is 7.78. The number of amides is 1. The van der Waals surface area contributed by atoms with Crippen LogP contribution in [0.2, 0.25) is 0 Å². The van der Waals surface area contributed by atoms with E-state index in [-0.39, 0.29) is 23.9 Å². The third-order valence-electron chi connectivity index (χ3n) is 5.25. The van der Waals surface area contributed by atoms with Gasteiger partial charge in [-0.1, -0.05) is 32.0 Å². The van der Waals surface area contributed by atoms with Crippen molar-refractivity contribution in [2.45, 2.75) is 33.2 Å². The van der Waals surface area contributed by atoms with Gasteiger partial charge in [0.05, 0.1) is 30.8 Å². The highest BCUT2D eigenvalue weighted by molar-refractivity contribution is 5.83. The highest BCUT2D eigenvalue weighted by Gasteiger charge is 2.23. The number of rotatable bonds is 4. The minimum atomic E-state index is -0.313. The normalized spacial score (nSPS) is 14.7. The molecule has 1 fully saturated rings. The summed E-state index contributed by atoms with van der Waals surface area (Å²) in [6.45, 7) is 8.04. The van der Waals surface area contributed by atoms with E-state index in [1.165, 1.54) is 4.68 Å². The van der Waals surface area contributed by atoms with E-state index in [2.05, 4.69) is 10.2 Å². The van der Waals surface area contributed by atoms with Crippen LogP contribution in [-0.4, -0.2) is 56.7 Å². The van der Waals surface area contributed by atoms with Crippen LogP contribution in [0.1, 0.15) is 31.0 Å². The van der Waals surface area contributed by atoms with E-state index in [1.807, 2.05) is 45.0 Å². The summed E-state index contributed by atoms with van der Waals surface area (Å²) in [5.74, 6) is -0.0451. The number of nitrogens with zero attached hydrogens (tertiary/aromatic N) is 5. The fourth-order valence-corrected chi connectivity index (χ4v) is 3.65. The van der Waals surface area contributed by atoms with Gasteiger partial charge in [0.15, 0.2) is 0 Å². The number of aromatic nitrogens is 4. The Morgan fingerprint density at radius 1 is 1.21 bits per heavy atom. The van der Waals surface area contributed by atoms with Gasteiger partial charge in [-0.25, -0.2) is 9.36 Å². The van der Waals surface area contributed by atoms with Crippen LogP contribution >= 0.6 is 0 Å². The van der Waals surface area contributed by atoms with Gasteiger partial charge in [0.25, 0.3) is 5.56 Å². The molecular formula is C21H25N5O3. The van der Waals surface area contributed by atoms with Crippen LogP contribution in [-0.2, 0) is 16.1 Å². The quantitative estimate of drug-likeness (QED) is 0.674. The van der Waals surface area contributed by atoms with Crippen LogP contribution in [0.4, 0.5) is 0 Å². The number of hydrogen-bond donors (Lipinski definition) is 0. The van der Waals surface area contributed by atoms with Crippen molar-refractivity contribution in [3.63, 3.8) is 0 Å². The number of benzene rings is 1. The van der Waals surface area contributed by atoms with Gasteiger partial charge >= 0.3 is 0 Å². The largest absolute Gasteiger partial charge is 0.378 e. The molecule has 0 bridgehead atoms. The Kier molecular flexibility index (Phi) is 5.19. The summed E-state index contributed by atoms with van der Waals surface area (Å²) in [6.07, 6.45) is 1.69. The summed E-state index contributed by atoms with van der Waals surface area (Å²) in [4.78, 5) is 27.8. The molecule has 8 heteroatoms. The average Bonchev–Trinajstić information content (AvgIpc) is 3.16. The first-order valence-corrected chi connectivity index (χ1v) is 9.87. The Hall–Kier alpha value is -3.00. The number of ether oxygens (including phenoxy) is 1. The van der Waals surface area contributed by atoms with E-state index in [0.717, 1.165) is 22.3 Å². The van der Waals surface area contributed by atoms with Crippen LogP contribution in [0.15, 0.2) is 35.3 Å². The lowest BCUT2D eigenvalue weighted by Gasteiger charge is -2.27. The molecule has 0 saturated carbocycles. The Labute approximate surface area is 168 Å². The van der Waals surface area contributed by atoms with E-state index < -0.39 is 0 Å². The van der Waals surface area contributed by atoms with Crippen molar-refractivity contribution in [1.29, 1.82) is 0 Å². The zero-order valence-electron chi connectivity index (χ0n) is 17.0. The minimum absolute atomic E-state index is 0.0809. The molecule has 0 spiro atoms. The van der Waals surface area contributed by atoms with Gasteiger partial charge in [-0.05, 0) is 24.5 Å². The molecule has 0 atom stereocenters. The predicted octanol–water partition coefficient (Wildman–Crippen LogP) is 1.87. The number of carbonyl (C=O) groups is 1. The number of morpholine rings is 1. The van der Waals surface area contributed by atoms with Gasteiger partial charge < -0.3 is 9.64 Å². The first-order chi connectivity index (χ1) is 14.0. The molecule has 0 N–H and O–H groups in total. The van der Waals surface area contributed by atoms with Crippen LogP contribution in [0, 0.1) is 6.92 Å². The lowest BCUT2D eigenvalue weighted by Crippen LogP contribution is -2.44. The molecular weight excluding hydrogens is 370 g/mol. The molecule has 29 heavy (non-hydrogen) atoms. The number of fused-ring (bicyclic) bond motifs is 1. The van der Waals surface area contributed by atoms with Gasteiger partial charge in [-0.2, -0.15) is 10.2 Å². The molecule has 0 aliphatic carbocycles. The van der Waals surface area contributed by atoms with Crippen LogP contribution in [0.25, 0.3) is 16.6 Å². The number of hydrogen-bond acceptors (Lipinski definition) is 5. The van der Waals surface area contributed by atoms with Gasteiger partial charge in [0, 0.05) is 18.5 Å². The Morgan fingerprint density at radius 3 is 2.62 bits per heavy atom. The molecule has 2 aromatic heterocycles. The zero-order valence-corrected chi connectivity index (χ0v) is 17.0. The van der Waals surface area contributed by atoms with Crippen molar-refractivity contribution in [3.05, 3.63) is 52.1 Å². The predicted molar refractivity (Wildman–Crippen MR) is 109 cm³/mol. The maximum absolute atomic E-state index is 13.3. The molecule has 1 aliphatic rings. The van der Waals surface area contributed by atoms with E-state index >= 15 is 0 Å². The summed E-state index contributed by atoms with van der Waals surface area (Å²) in [5.41, 5.74) is 2.75. The van der Waals surface area contributed by atoms with Crippen molar-refractivity contribution >= 4 is 16.8 Å². The average molecular weight is 395 g/mol. The molecule has 152 valence electrons. The minimum Gasteiger partial charge on any atom is -0.378 e. The Balaban J connectivity index is 1.84. The summed E-state index contributed by atoms with van der Waals surface area (Å²) in [7, 11) is 0. The second kappa shape index (κ2) is 7.79. The lowest BCUT2D eigenvalue weighted by atomic mass is 10.1. The molecule has 8 nitrogen and oxygen atoms in total. The van der Waals surface area contributed by atoms with Crippen LogP contribution in [0.5, 0.6) is 0 Å². The fourth-order valence-electron chi connectivity index (χ4n) is 3.65. The van der Waals surface area contributed by atoms with E-state index in [0.29, 0.717) is 31.8 Å². The smallest absolute Gasteiger partial charge is 0.293 e. The lowest BCUT2D eigenvalue weighted by molar-refractivity contribution is -0.136. The topological polar surface area (TPSA) is 82.2 Å². The van der Waals surface area contributed by atoms with Gasteiger partial charge in [-0.15, -0.1) is 0 Å². The van der Waals surface area contributed by atoms with E-state index in [9.17, 15) is 9.59 Å². The molecule has 1 aliphatic heterocycles. The van der Waals surface area contributed by atoms with Crippen molar-refractivity contribution in [3.8, 4) is 5.69 Å². The van der Waals surface area contributed by atoms with Crippen molar-refractivity contribution < 1.29 is 9.53 Å². The van der Waals surface area contributed by atoms with Gasteiger partial charge in [0.2, 0.25) is 5.91 Å². The first-order valence-electron chi connectivity index (χ1n) is 9.87. The highest BCUT2D eigenvalue weighted by Crippen LogP contribution is 2.24. The fraction of sp³-hybridized carbons (Fsp3) is 0.429. The van der Waals surface area contributed by atoms with E-state index in [4.69, 9.17) is 4.74 Å². The summed E-state index contributed by atoms with van der Waals surface area (Å²) < 4.78 is 8.25. The third kappa shape index (κ3) is 3.55. The standard InChI is InChI=1S/C21H25N5O3/c1-14(2)19-16-12-22-26(17-7-5-4-6-15(17)3)20(16)21(28)25(23-19)13-18(27)24-8-10-29-11-9-24/h4-7,12,14H,8-11,13H2,1-3H3. The number of aryl methyl sites for hydroxylation is 1. The Bertz CT molecular complexity index is 1110. The summed E-state index contributed by atoms with van der Waals surface area (Å²) in [5, 5.41) is 9.75. The van der Waals surface area contributed by atoms with Crippen molar-refractivity contribution in [2.24, 2.45) is 0 Å². The highest BCUT2D eigenvalue weighted by atomic mass is 16.5. The number of carbonyl (C=O) groups excluding carboxylic acids is 1. The maximum Gasteiger partial charge on any atom is 0.293 e. The van der Waals surface area contributed by atoms with E-state index in [1.54, 1.807) is 15.8 Å². The van der Waals surface area contributed by atoms with Crippen LogP contribution < -0.4 is 5.56 Å². The zero-order chi connectivity index (χ0) is 20.5. The molecule has 3 heterocycles. The van der Waals surface area contributed by atoms with Crippen molar-refractivity contribution in [1.82, 2.24) is 24.5 Å². The molecule has 0 radical (unpaired) electrons. The molecule has 1 amide bonds. The second-order valence-electron chi connectivity index (χ2n) is 7.60. The summed E-state index contributed by atoms with van der Waals surface area (Å²) >= 11 is 0. The molecule has 4 rings (SSSR count). The SMILES string of the molecule is Cc1ccccc1-n1ncc2c(C(C)C)nn(CC(=O)N3CCOCC3)c(=O)c21. The molecule has 3 aromatic rings. The number of para-hydroxylation sites is 1. The molecule has 1 saturated heterocycles. The van der Waals surface area contributed by atoms with Gasteiger partial charge in [0.1, 0.15) is 12.1 Å². The maximum atomic E-state index is 13.3. The van der Waals surface area contributed by atoms with Crippen LogP contribution in [0.3, 0.4) is 0 Å². The second-order valence-corrected chi connectivity index (χ2v) is 7.60. The first kappa shape index (κ1) is 19.3. The molecule has 1 aromatic carbocycles. The molecule has 0 unspecified atom stereocenters. The van der Waals surface area contributed by atoms with Gasteiger partial charge in [-0.3, -0.25) is 9.59 Å². The monoisotopic (exact) mass is 395 g/mol.